The Balaban J connectivity index is 1.39. The van der Waals surface area contributed by atoms with E-state index in [1.54, 1.807) is 37.8 Å². The average molecular weight is 491 g/mol. The summed E-state index contributed by atoms with van der Waals surface area (Å²) in [5.74, 6) is 6.93. The monoisotopic (exact) mass is 490 g/mol. The van der Waals surface area contributed by atoms with Gasteiger partial charge in [0, 0.05) is 36.9 Å². The summed E-state index contributed by atoms with van der Waals surface area (Å²) >= 11 is 0. The van der Waals surface area contributed by atoms with Gasteiger partial charge in [0.2, 0.25) is 5.82 Å². The van der Waals surface area contributed by atoms with Crippen molar-refractivity contribution >= 4 is 16.9 Å². The molecule has 0 saturated carbocycles. The van der Waals surface area contributed by atoms with Crippen LogP contribution in [0.4, 0.5) is 4.39 Å². The molecule has 1 aliphatic heterocycles. The van der Waals surface area contributed by atoms with Crippen molar-refractivity contribution in [3.63, 3.8) is 0 Å². The number of pyridine rings is 1. The summed E-state index contributed by atoms with van der Waals surface area (Å²) in [5, 5.41) is 10.0. The summed E-state index contributed by atoms with van der Waals surface area (Å²) < 4.78 is 20.8. The molecule has 1 N–H and O–H groups in total. The van der Waals surface area contributed by atoms with Gasteiger partial charge in [0.25, 0.3) is 0 Å². The predicted molar refractivity (Wildman–Crippen MR) is 135 cm³/mol. The number of carboxylic acid groups (broad SMARTS) is 1. The van der Waals surface area contributed by atoms with Crippen molar-refractivity contribution in [3.8, 4) is 17.6 Å². The molecule has 0 spiro atoms. The van der Waals surface area contributed by atoms with Gasteiger partial charge in [-0.05, 0) is 85.9 Å². The third kappa shape index (κ3) is 6.76. The largest absolute Gasteiger partial charge is 0.497 e. The predicted octanol–water partition coefficient (Wildman–Crippen LogP) is 4.68. The maximum atomic E-state index is 15.5. The summed E-state index contributed by atoms with van der Waals surface area (Å²) in [5.41, 5.74) is 1.36. The van der Waals surface area contributed by atoms with Gasteiger partial charge in [0.1, 0.15) is 11.9 Å². The fourth-order valence-electron chi connectivity index (χ4n) is 4.97. The van der Waals surface area contributed by atoms with Crippen LogP contribution in [0.3, 0.4) is 0 Å². The molecule has 1 saturated heterocycles. The van der Waals surface area contributed by atoms with Crippen LogP contribution in [0.25, 0.3) is 10.9 Å². The number of rotatable bonds is 9. The zero-order valence-corrected chi connectivity index (χ0v) is 20.4. The lowest BCUT2D eigenvalue weighted by Crippen LogP contribution is -2.41. The van der Waals surface area contributed by atoms with Gasteiger partial charge >= 0.3 is 5.97 Å². The minimum Gasteiger partial charge on any atom is -0.497 e. The number of hydrogen-bond donors (Lipinski definition) is 1. The fraction of sp³-hybridized carbons (Fsp3) is 0.429. The van der Waals surface area contributed by atoms with E-state index >= 15 is 4.39 Å². The van der Waals surface area contributed by atoms with E-state index < -0.39 is 12.1 Å². The topological polar surface area (TPSA) is 88.4 Å². The Morgan fingerprint density at radius 2 is 2.03 bits per heavy atom. The quantitative estimate of drug-likeness (QED) is 0.436. The molecule has 1 aliphatic rings. The van der Waals surface area contributed by atoms with Crippen LogP contribution < -0.4 is 4.74 Å². The molecule has 0 bridgehead atoms. The molecule has 0 amide bonds. The first-order chi connectivity index (χ1) is 17.5. The van der Waals surface area contributed by atoms with Gasteiger partial charge in [-0.3, -0.25) is 14.7 Å². The molecule has 8 heteroatoms. The van der Waals surface area contributed by atoms with Gasteiger partial charge in [0.05, 0.1) is 19.2 Å². The molecule has 4 rings (SSSR count). The van der Waals surface area contributed by atoms with E-state index in [0.29, 0.717) is 42.9 Å². The SMILES string of the molecule is COc1ccc2nccc([C@H](F)CC[C@@H]3CCN(CC#Cc4ncccn4)C[C@H]3CCC(=O)O)c2c1. The lowest BCUT2D eigenvalue weighted by molar-refractivity contribution is -0.137. The Kier molecular flexibility index (Phi) is 8.80. The van der Waals surface area contributed by atoms with Crippen LogP contribution in [-0.2, 0) is 4.79 Å². The molecule has 3 heterocycles. The van der Waals surface area contributed by atoms with Crippen molar-refractivity contribution in [2.75, 3.05) is 26.7 Å². The van der Waals surface area contributed by atoms with Gasteiger partial charge in [0.15, 0.2) is 0 Å². The normalized spacial score (nSPS) is 18.8. The first-order valence-corrected chi connectivity index (χ1v) is 12.3. The van der Waals surface area contributed by atoms with E-state index in [4.69, 9.17) is 4.74 Å². The van der Waals surface area contributed by atoms with E-state index in [-0.39, 0.29) is 18.3 Å². The average Bonchev–Trinajstić information content (AvgIpc) is 2.91. The van der Waals surface area contributed by atoms with E-state index in [2.05, 4.69) is 31.7 Å². The smallest absolute Gasteiger partial charge is 0.303 e. The number of ether oxygens (including phenoxy) is 1. The van der Waals surface area contributed by atoms with E-state index in [1.165, 1.54) is 0 Å². The van der Waals surface area contributed by atoms with Crippen LogP contribution in [-0.4, -0.2) is 57.7 Å². The van der Waals surface area contributed by atoms with Crippen molar-refractivity contribution in [2.24, 2.45) is 11.8 Å². The second-order valence-electron chi connectivity index (χ2n) is 9.18. The van der Waals surface area contributed by atoms with Crippen molar-refractivity contribution in [3.05, 3.63) is 60.3 Å². The molecule has 36 heavy (non-hydrogen) atoms. The number of carboxylic acids is 1. The number of halogens is 1. The van der Waals surface area contributed by atoms with Gasteiger partial charge in [-0.15, -0.1) is 0 Å². The standard InChI is InChI=1S/C28H31FN4O3/c1-36-22-7-9-26-24(18-22)23(11-15-30-26)25(29)8-5-20-12-17-33(19-21(20)6-10-28(34)35)16-2-4-27-31-13-3-14-32-27/h3,7,9,11,13-15,18,20-21,25H,5-6,8,10,12,16-17,19H2,1H3,(H,34,35)/t20-,21-,25-/m1/s1. The van der Waals surface area contributed by atoms with Crippen molar-refractivity contribution in [1.82, 2.24) is 19.9 Å². The molecule has 7 nitrogen and oxygen atoms in total. The van der Waals surface area contributed by atoms with Crippen LogP contribution in [0.2, 0.25) is 0 Å². The van der Waals surface area contributed by atoms with Gasteiger partial charge < -0.3 is 9.84 Å². The highest BCUT2D eigenvalue weighted by atomic mass is 19.1. The Labute approximate surface area is 210 Å². The van der Waals surface area contributed by atoms with Crippen molar-refractivity contribution < 1.29 is 19.0 Å². The number of likely N-dealkylation sites (tertiary alicyclic amines) is 1. The number of fused-ring (bicyclic) bond motifs is 1. The highest BCUT2D eigenvalue weighted by Crippen LogP contribution is 2.36. The number of aliphatic carboxylic acids is 1. The van der Waals surface area contributed by atoms with Crippen LogP contribution in [0.5, 0.6) is 5.75 Å². The minimum absolute atomic E-state index is 0.117. The molecule has 0 radical (unpaired) electrons. The Hall–Kier alpha value is -3.57. The number of piperidine rings is 1. The molecule has 188 valence electrons. The van der Waals surface area contributed by atoms with E-state index in [1.807, 2.05) is 18.2 Å². The highest BCUT2D eigenvalue weighted by Gasteiger charge is 2.30. The molecule has 3 aromatic rings. The highest BCUT2D eigenvalue weighted by molar-refractivity contribution is 5.83. The third-order valence-electron chi connectivity index (χ3n) is 6.88. The van der Waals surface area contributed by atoms with Crippen molar-refractivity contribution in [1.29, 1.82) is 0 Å². The van der Waals surface area contributed by atoms with Crippen LogP contribution in [0.15, 0.2) is 48.9 Å². The molecule has 0 aliphatic carbocycles. The second kappa shape index (κ2) is 12.4. The van der Waals surface area contributed by atoms with Gasteiger partial charge in [-0.2, -0.15) is 0 Å². The molecule has 2 aromatic heterocycles. The third-order valence-corrected chi connectivity index (χ3v) is 6.88. The van der Waals surface area contributed by atoms with Gasteiger partial charge in [-0.25, -0.2) is 14.4 Å². The van der Waals surface area contributed by atoms with E-state index in [9.17, 15) is 9.90 Å². The Morgan fingerprint density at radius 1 is 1.19 bits per heavy atom. The number of aromatic nitrogens is 3. The molecular formula is C28H31FN4O3. The summed E-state index contributed by atoms with van der Waals surface area (Å²) in [6.45, 7) is 2.19. The number of benzene rings is 1. The number of carbonyl (C=O) groups is 1. The molecule has 0 unspecified atom stereocenters. The lowest BCUT2D eigenvalue weighted by Gasteiger charge is -2.38. The van der Waals surface area contributed by atoms with E-state index in [0.717, 1.165) is 30.4 Å². The second-order valence-corrected chi connectivity index (χ2v) is 9.18. The first kappa shape index (κ1) is 25.5. The maximum Gasteiger partial charge on any atom is 0.303 e. The molecular weight excluding hydrogens is 459 g/mol. The van der Waals surface area contributed by atoms with Gasteiger partial charge in [-0.1, -0.05) is 5.92 Å². The molecule has 1 fully saturated rings. The van der Waals surface area contributed by atoms with Crippen LogP contribution in [0.1, 0.15) is 49.7 Å². The number of hydrogen-bond acceptors (Lipinski definition) is 6. The lowest BCUT2D eigenvalue weighted by atomic mass is 9.79. The summed E-state index contributed by atoms with van der Waals surface area (Å²) in [6, 6.07) is 8.99. The zero-order chi connectivity index (χ0) is 25.3. The maximum absolute atomic E-state index is 15.5. The minimum atomic E-state index is -1.13. The number of nitrogens with zero attached hydrogens (tertiary/aromatic N) is 4. The number of alkyl halides is 1. The summed E-state index contributed by atoms with van der Waals surface area (Å²) in [6.07, 6.45) is 6.52. The van der Waals surface area contributed by atoms with Crippen LogP contribution in [0, 0.1) is 23.7 Å². The summed E-state index contributed by atoms with van der Waals surface area (Å²) in [7, 11) is 1.59. The Bertz CT molecular complexity index is 1230. The fourth-order valence-corrected chi connectivity index (χ4v) is 4.97. The zero-order valence-electron chi connectivity index (χ0n) is 20.4. The summed E-state index contributed by atoms with van der Waals surface area (Å²) in [4.78, 5) is 26.1. The van der Waals surface area contributed by atoms with Crippen molar-refractivity contribution in [2.45, 2.75) is 38.3 Å². The molecule has 3 atom stereocenters. The molecule has 1 aromatic carbocycles. The van der Waals surface area contributed by atoms with Crippen LogP contribution >= 0.6 is 0 Å². The Morgan fingerprint density at radius 3 is 2.81 bits per heavy atom. The number of methoxy groups -OCH3 is 1. The first-order valence-electron chi connectivity index (χ1n) is 12.3.